The average molecular weight is 431 g/mol. The standard InChI is InChI=1S/C21H26N4O4S/c1-4-6-11-24-20(28)18(19(27)22-21(24)30)16-12-17(25(23-16)13(3)26)14-7-9-15(10-8-14)29-5-2/h7-10,17,28H,4-6,11-12H2,1-3H3,(H,22,27,30)/t17-/m0/s1. The molecule has 1 aromatic heterocycles. The van der Waals surface area contributed by atoms with E-state index in [2.05, 4.69) is 10.1 Å². The van der Waals surface area contributed by atoms with Crippen molar-refractivity contribution in [3.8, 4) is 11.6 Å². The lowest BCUT2D eigenvalue weighted by molar-refractivity contribution is -0.130. The summed E-state index contributed by atoms with van der Waals surface area (Å²) in [7, 11) is 0. The molecule has 2 N–H and O–H groups in total. The summed E-state index contributed by atoms with van der Waals surface area (Å²) in [5.41, 5.74) is 0.754. The highest BCUT2D eigenvalue weighted by molar-refractivity contribution is 7.71. The van der Waals surface area contributed by atoms with Gasteiger partial charge in [-0.1, -0.05) is 25.5 Å². The quantitative estimate of drug-likeness (QED) is 0.655. The zero-order valence-corrected chi connectivity index (χ0v) is 18.2. The number of benzene rings is 1. The minimum absolute atomic E-state index is 0.0550. The number of aromatic amines is 1. The normalized spacial score (nSPS) is 15.9. The minimum atomic E-state index is -0.514. The molecule has 9 heteroatoms. The van der Waals surface area contributed by atoms with E-state index in [0.29, 0.717) is 25.3 Å². The average Bonchev–Trinajstić information content (AvgIpc) is 3.14. The van der Waals surface area contributed by atoms with Gasteiger partial charge in [0, 0.05) is 19.9 Å². The number of carbonyl (C=O) groups is 1. The van der Waals surface area contributed by atoms with E-state index in [1.54, 1.807) is 0 Å². The molecule has 0 unspecified atom stereocenters. The molecular formula is C21H26N4O4S. The summed E-state index contributed by atoms with van der Waals surface area (Å²) in [6.45, 7) is 6.41. The SMILES string of the molecule is CCCCn1c(O)c(C2=NN(C(C)=O)[C@H](c3ccc(OCC)cc3)C2)c(=O)[nH]c1=S. The van der Waals surface area contributed by atoms with Crippen molar-refractivity contribution in [3.05, 3.63) is 50.5 Å². The lowest BCUT2D eigenvalue weighted by atomic mass is 9.99. The topological polar surface area (TPSA) is 99.9 Å². The number of nitrogens with zero attached hydrogens (tertiary/aromatic N) is 3. The van der Waals surface area contributed by atoms with Crippen LogP contribution in [0.1, 0.15) is 57.2 Å². The van der Waals surface area contributed by atoms with Gasteiger partial charge in [0.1, 0.15) is 11.3 Å². The summed E-state index contributed by atoms with van der Waals surface area (Å²) in [5, 5.41) is 16.5. The van der Waals surface area contributed by atoms with E-state index in [4.69, 9.17) is 17.0 Å². The second kappa shape index (κ2) is 9.25. The van der Waals surface area contributed by atoms with Gasteiger partial charge in [-0.25, -0.2) is 5.01 Å². The molecule has 3 rings (SSSR count). The van der Waals surface area contributed by atoms with Crippen LogP contribution in [-0.4, -0.2) is 37.9 Å². The number of nitrogens with one attached hydrogen (secondary N) is 1. The maximum atomic E-state index is 12.6. The van der Waals surface area contributed by atoms with Crippen molar-refractivity contribution in [2.24, 2.45) is 5.10 Å². The predicted octanol–water partition coefficient (Wildman–Crippen LogP) is 3.51. The first kappa shape index (κ1) is 21.8. The molecule has 1 aliphatic rings. The summed E-state index contributed by atoms with van der Waals surface area (Å²) in [6.07, 6.45) is 2.01. The molecule has 2 aromatic rings. The fourth-order valence-corrected chi connectivity index (χ4v) is 3.78. The van der Waals surface area contributed by atoms with Crippen LogP contribution in [0.5, 0.6) is 11.6 Å². The molecule has 8 nitrogen and oxygen atoms in total. The molecule has 2 heterocycles. The Balaban J connectivity index is 2.00. The monoisotopic (exact) mass is 430 g/mol. The van der Waals surface area contributed by atoms with E-state index in [1.165, 1.54) is 16.5 Å². The smallest absolute Gasteiger partial charge is 0.264 e. The van der Waals surface area contributed by atoms with E-state index < -0.39 is 5.56 Å². The third-order valence-electron chi connectivity index (χ3n) is 5.00. The maximum absolute atomic E-state index is 12.6. The fraction of sp³-hybridized carbons (Fsp3) is 0.429. The molecular weight excluding hydrogens is 404 g/mol. The molecule has 0 saturated heterocycles. The Bertz CT molecular complexity index is 1070. The van der Waals surface area contributed by atoms with Crippen molar-refractivity contribution in [3.63, 3.8) is 0 Å². The highest BCUT2D eigenvalue weighted by atomic mass is 32.1. The van der Waals surface area contributed by atoms with Crippen LogP contribution < -0.4 is 10.3 Å². The predicted molar refractivity (Wildman–Crippen MR) is 116 cm³/mol. The summed E-state index contributed by atoms with van der Waals surface area (Å²) < 4.78 is 7.14. The van der Waals surface area contributed by atoms with E-state index in [-0.39, 0.29) is 28.2 Å². The molecule has 0 saturated carbocycles. The minimum Gasteiger partial charge on any atom is -0.494 e. The number of aromatic nitrogens is 2. The zero-order valence-electron chi connectivity index (χ0n) is 17.3. The summed E-state index contributed by atoms with van der Waals surface area (Å²) >= 11 is 5.20. The number of amides is 1. The van der Waals surface area contributed by atoms with Gasteiger partial charge in [0.15, 0.2) is 4.77 Å². The number of unbranched alkanes of at least 4 members (excludes halogenated alkanes) is 1. The molecule has 0 aliphatic carbocycles. The van der Waals surface area contributed by atoms with Crippen molar-refractivity contribution in [2.45, 2.75) is 52.6 Å². The Kier molecular flexibility index (Phi) is 6.71. The number of aromatic hydroxyl groups is 1. The van der Waals surface area contributed by atoms with Gasteiger partial charge in [0.25, 0.3) is 5.56 Å². The Morgan fingerprint density at radius 2 is 2.03 bits per heavy atom. The lowest BCUT2D eigenvalue weighted by Gasteiger charge is -2.20. The molecule has 1 aromatic carbocycles. The Labute approximate surface area is 179 Å². The number of hydrogen-bond donors (Lipinski definition) is 2. The van der Waals surface area contributed by atoms with Crippen molar-refractivity contribution < 1.29 is 14.6 Å². The molecule has 1 aliphatic heterocycles. The van der Waals surface area contributed by atoms with Crippen LogP contribution in [0.2, 0.25) is 0 Å². The van der Waals surface area contributed by atoms with Crippen LogP contribution in [0.25, 0.3) is 0 Å². The van der Waals surface area contributed by atoms with Crippen molar-refractivity contribution >= 4 is 23.8 Å². The number of ether oxygens (including phenoxy) is 1. The van der Waals surface area contributed by atoms with E-state index in [0.717, 1.165) is 24.2 Å². The Hall–Kier alpha value is -2.94. The van der Waals surface area contributed by atoms with Gasteiger partial charge in [0.05, 0.1) is 18.4 Å². The summed E-state index contributed by atoms with van der Waals surface area (Å²) in [5.74, 6) is 0.271. The van der Waals surface area contributed by atoms with Crippen molar-refractivity contribution in [1.82, 2.24) is 14.6 Å². The second-order valence-electron chi connectivity index (χ2n) is 7.10. The van der Waals surface area contributed by atoms with Gasteiger partial charge in [-0.2, -0.15) is 5.10 Å². The first-order valence-corrected chi connectivity index (χ1v) is 10.4. The highest BCUT2D eigenvalue weighted by Gasteiger charge is 2.34. The van der Waals surface area contributed by atoms with Crippen LogP contribution in [-0.2, 0) is 11.3 Å². The molecule has 1 amide bonds. The Morgan fingerprint density at radius 3 is 2.63 bits per heavy atom. The largest absolute Gasteiger partial charge is 0.494 e. The maximum Gasteiger partial charge on any atom is 0.264 e. The van der Waals surface area contributed by atoms with E-state index >= 15 is 0 Å². The van der Waals surface area contributed by atoms with Crippen LogP contribution >= 0.6 is 12.2 Å². The van der Waals surface area contributed by atoms with Gasteiger partial charge in [-0.05, 0) is 43.3 Å². The van der Waals surface area contributed by atoms with Crippen molar-refractivity contribution in [2.75, 3.05) is 6.61 Å². The van der Waals surface area contributed by atoms with E-state index in [9.17, 15) is 14.7 Å². The first-order valence-electron chi connectivity index (χ1n) is 10.0. The molecule has 0 radical (unpaired) electrons. The zero-order chi connectivity index (χ0) is 21.8. The fourth-order valence-electron chi connectivity index (χ4n) is 3.51. The van der Waals surface area contributed by atoms with Crippen LogP contribution in [0, 0.1) is 4.77 Å². The van der Waals surface area contributed by atoms with Gasteiger partial charge in [-0.3, -0.25) is 19.1 Å². The van der Waals surface area contributed by atoms with Gasteiger partial charge in [-0.15, -0.1) is 0 Å². The third-order valence-corrected chi connectivity index (χ3v) is 5.33. The molecule has 160 valence electrons. The number of hydrogen-bond acceptors (Lipinski definition) is 6. The Morgan fingerprint density at radius 1 is 1.33 bits per heavy atom. The molecule has 0 fully saturated rings. The third kappa shape index (κ3) is 4.30. The van der Waals surface area contributed by atoms with Gasteiger partial charge in [0.2, 0.25) is 11.8 Å². The lowest BCUT2D eigenvalue weighted by Crippen LogP contribution is -2.24. The number of carbonyl (C=O) groups excluding carboxylic acids is 1. The van der Waals surface area contributed by atoms with Crippen molar-refractivity contribution in [1.29, 1.82) is 0 Å². The number of hydrazone groups is 1. The number of rotatable bonds is 7. The van der Waals surface area contributed by atoms with Gasteiger partial charge >= 0.3 is 0 Å². The van der Waals surface area contributed by atoms with Crippen LogP contribution in [0.4, 0.5) is 0 Å². The number of H-pyrrole nitrogens is 1. The van der Waals surface area contributed by atoms with E-state index in [1.807, 2.05) is 38.1 Å². The molecule has 1 atom stereocenters. The molecule has 30 heavy (non-hydrogen) atoms. The molecule has 0 bridgehead atoms. The van der Waals surface area contributed by atoms with Crippen LogP contribution in [0.3, 0.4) is 0 Å². The second-order valence-corrected chi connectivity index (χ2v) is 7.48. The molecule has 0 spiro atoms. The highest BCUT2D eigenvalue weighted by Crippen LogP contribution is 2.34. The summed E-state index contributed by atoms with van der Waals surface area (Å²) in [6, 6.07) is 7.05. The summed E-state index contributed by atoms with van der Waals surface area (Å²) in [4.78, 5) is 27.5. The van der Waals surface area contributed by atoms with Gasteiger partial charge < -0.3 is 9.84 Å². The van der Waals surface area contributed by atoms with Crippen LogP contribution in [0.15, 0.2) is 34.2 Å². The first-order chi connectivity index (χ1) is 14.4.